The van der Waals surface area contributed by atoms with E-state index in [1.807, 2.05) is 11.4 Å². The number of halogens is 1. The van der Waals surface area contributed by atoms with E-state index in [-0.39, 0.29) is 24.6 Å². The van der Waals surface area contributed by atoms with Crippen LogP contribution in [0.25, 0.3) is 0 Å². The van der Waals surface area contributed by atoms with Gasteiger partial charge in [-0.1, -0.05) is 0 Å². The van der Waals surface area contributed by atoms with Crippen molar-refractivity contribution in [1.82, 2.24) is 4.31 Å². The van der Waals surface area contributed by atoms with Gasteiger partial charge in [-0.25, -0.2) is 8.42 Å². The van der Waals surface area contributed by atoms with Crippen LogP contribution in [0, 0.1) is 0 Å². The number of thiophene rings is 1. The first-order valence-corrected chi connectivity index (χ1v) is 8.87. The lowest BCUT2D eigenvalue weighted by atomic mass is 10.3. The van der Waals surface area contributed by atoms with E-state index in [9.17, 15) is 13.2 Å². The van der Waals surface area contributed by atoms with Crippen molar-refractivity contribution < 1.29 is 17.9 Å². The van der Waals surface area contributed by atoms with Gasteiger partial charge in [-0.3, -0.25) is 4.79 Å². The molecule has 0 aliphatic heterocycles. The Hall–Kier alpha value is -0.440. The Kier molecular flexibility index (Phi) is 6.45. The standard InChI is InChI=1S/C11H16BrNO4S2/c1-13(7-10-6-9(12)8-18-10)19(15,16)5-3-4-11(14)17-2/h6,8H,3-5,7H2,1-2H3. The molecule has 108 valence electrons. The summed E-state index contributed by atoms with van der Waals surface area (Å²) in [6.45, 7) is 0.344. The summed E-state index contributed by atoms with van der Waals surface area (Å²) in [5.41, 5.74) is 0. The molecule has 0 saturated heterocycles. The molecule has 5 nitrogen and oxygen atoms in total. The average Bonchev–Trinajstić information content (AvgIpc) is 2.74. The topological polar surface area (TPSA) is 63.7 Å². The molecule has 0 unspecified atom stereocenters. The van der Waals surface area contributed by atoms with Gasteiger partial charge in [0.2, 0.25) is 10.0 Å². The van der Waals surface area contributed by atoms with Crippen LogP contribution in [0.1, 0.15) is 17.7 Å². The number of hydrogen-bond acceptors (Lipinski definition) is 5. The van der Waals surface area contributed by atoms with Crippen LogP contribution in [-0.2, 0) is 26.1 Å². The minimum absolute atomic E-state index is 0.0505. The highest BCUT2D eigenvalue weighted by Gasteiger charge is 2.19. The maximum atomic E-state index is 12.0. The summed E-state index contributed by atoms with van der Waals surface area (Å²) in [5, 5.41) is 1.91. The van der Waals surface area contributed by atoms with Gasteiger partial charge in [0.05, 0.1) is 12.9 Å². The summed E-state index contributed by atoms with van der Waals surface area (Å²) in [6.07, 6.45) is 0.390. The molecule has 1 heterocycles. The zero-order chi connectivity index (χ0) is 14.5. The van der Waals surface area contributed by atoms with E-state index >= 15 is 0 Å². The summed E-state index contributed by atoms with van der Waals surface area (Å²) in [5.74, 6) is -0.439. The summed E-state index contributed by atoms with van der Waals surface area (Å²) in [7, 11) is -0.504. The van der Waals surface area contributed by atoms with Crippen molar-refractivity contribution in [2.24, 2.45) is 0 Å². The molecule has 1 aromatic heterocycles. The third-order valence-electron chi connectivity index (χ3n) is 2.49. The summed E-state index contributed by atoms with van der Waals surface area (Å²) in [4.78, 5) is 11.9. The van der Waals surface area contributed by atoms with Gasteiger partial charge in [0, 0.05) is 34.7 Å². The van der Waals surface area contributed by atoms with Gasteiger partial charge in [0.25, 0.3) is 0 Å². The number of esters is 1. The lowest BCUT2D eigenvalue weighted by Gasteiger charge is -2.15. The van der Waals surface area contributed by atoms with Crippen LogP contribution < -0.4 is 0 Å². The molecule has 8 heteroatoms. The minimum Gasteiger partial charge on any atom is -0.469 e. The highest BCUT2D eigenvalue weighted by atomic mass is 79.9. The number of carbonyl (C=O) groups is 1. The molecule has 0 spiro atoms. The molecular weight excluding hydrogens is 354 g/mol. The van der Waals surface area contributed by atoms with E-state index < -0.39 is 10.0 Å². The zero-order valence-electron chi connectivity index (χ0n) is 10.8. The van der Waals surface area contributed by atoms with Crippen LogP contribution in [-0.4, -0.2) is 38.6 Å². The molecule has 0 aliphatic carbocycles. The fraction of sp³-hybridized carbons (Fsp3) is 0.545. The minimum atomic E-state index is -3.34. The Bertz CT molecular complexity index is 527. The molecule has 19 heavy (non-hydrogen) atoms. The average molecular weight is 370 g/mol. The predicted molar refractivity (Wildman–Crippen MR) is 78.5 cm³/mol. The summed E-state index contributed by atoms with van der Waals surface area (Å²) < 4.78 is 30.7. The number of rotatable bonds is 7. The van der Waals surface area contributed by atoms with Gasteiger partial charge in [-0.05, 0) is 28.4 Å². The highest BCUT2D eigenvalue weighted by molar-refractivity contribution is 9.10. The van der Waals surface area contributed by atoms with Gasteiger partial charge >= 0.3 is 5.97 Å². The Morgan fingerprint density at radius 3 is 2.74 bits per heavy atom. The van der Waals surface area contributed by atoms with Crippen LogP contribution >= 0.6 is 27.3 Å². The van der Waals surface area contributed by atoms with Gasteiger partial charge in [-0.15, -0.1) is 11.3 Å². The SMILES string of the molecule is COC(=O)CCCS(=O)(=O)N(C)Cc1cc(Br)cs1. The van der Waals surface area contributed by atoms with Crippen LogP contribution in [0.3, 0.4) is 0 Å². The number of hydrogen-bond donors (Lipinski definition) is 0. The van der Waals surface area contributed by atoms with Crippen molar-refractivity contribution in [2.75, 3.05) is 19.9 Å². The molecule has 1 rings (SSSR count). The van der Waals surface area contributed by atoms with Crippen LogP contribution in [0.4, 0.5) is 0 Å². The number of carbonyl (C=O) groups excluding carboxylic acids is 1. The molecule has 0 saturated carbocycles. The second kappa shape index (κ2) is 7.37. The summed E-state index contributed by atoms with van der Waals surface area (Å²) >= 11 is 4.83. The fourth-order valence-corrected chi connectivity index (χ4v) is 4.15. The summed E-state index contributed by atoms with van der Waals surface area (Å²) in [6, 6.07) is 1.89. The number of ether oxygens (including phenoxy) is 1. The van der Waals surface area contributed by atoms with E-state index in [1.165, 1.54) is 22.8 Å². The monoisotopic (exact) mass is 369 g/mol. The van der Waals surface area contributed by atoms with Crippen LogP contribution in [0.2, 0.25) is 0 Å². The Morgan fingerprint density at radius 2 is 2.21 bits per heavy atom. The van der Waals surface area contributed by atoms with Crippen molar-refractivity contribution in [3.8, 4) is 0 Å². The van der Waals surface area contributed by atoms with Crippen LogP contribution in [0.5, 0.6) is 0 Å². The maximum Gasteiger partial charge on any atom is 0.305 e. The Balaban J connectivity index is 2.49. The normalized spacial score (nSPS) is 11.8. The molecular formula is C11H16BrNO4S2. The second-order valence-corrected chi connectivity index (χ2v) is 8.09. The quantitative estimate of drug-likeness (QED) is 0.691. The van der Waals surface area contributed by atoms with E-state index in [0.29, 0.717) is 6.54 Å². The first-order chi connectivity index (χ1) is 8.85. The molecule has 0 amide bonds. The zero-order valence-corrected chi connectivity index (χ0v) is 14.0. The van der Waals surface area contributed by atoms with Crippen molar-refractivity contribution >= 4 is 43.3 Å². The van der Waals surface area contributed by atoms with Crippen molar-refractivity contribution in [3.05, 3.63) is 20.8 Å². The highest BCUT2D eigenvalue weighted by Crippen LogP contribution is 2.21. The van der Waals surface area contributed by atoms with Gasteiger partial charge in [-0.2, -0.15) is 4.31 Å². The predicted octanol–water partition coefficient (Wildman–Crippen LogP) is 2.23. The number of methoxy groups -OCH3 is 1. The molecule has 1 aromatic rings. The van der Waals surface area contributed by atoms with E-state index in [0.717, 1.165) is 9.35 Å². The largest absolute Gasteiger partial charge is 0.469 e. The van der Waals surface area contributed by atoms with E-state index in [4.69, 9.17) is 0 Å². The third kappa shape index (κ3) is 5.60. The molecule has 0 bridgehead atoms. The lowest BCUT2D eigenvalue weighted by molar-refractivity contribution is -0.140. The van der Waals surface area contributed by atoms with E-state index in [2.05, 4.69) is 20.7 Å². The van der Waals surface area contributed by atoms with E-state index in [1.54, 1.807) is 7.05 Å². The second-order valence-electron chi connectivity index (χ2n) is 3.98. The molecule has 0 atom stereocenters. The van der Waals surface area contributed by atoms with Gasteiger partial charge < -0.3 is 4.74 Å². The first kappa shape index (κ1) is 16.6. The Labute approximate surface area is 125 Å². The molecule has 0 N–H and O–H groups in total. The van der Waals surface area contributed by atoms with Crippen molar-refractivity contribution in [2.45, 2.75) is 19.4 Å². The molecule has 0 aliphatic rings. The fourth-order valence-electron chi connectivity index (χ4n) is 1.41. The first-order valence-electron chi connectivity index (χ1n) is 5.59. The lowest BCUT2D eigenvalue weighted by Crippen LogP contribution is -2.28. The van der Waals surface area contributed by atoms with Crippen molar-refractivity contribution in [3.63, 3.8) is 0 Å². The molecule has 0 fully saturated rings. The van der Waals surface area contributed by atoms with Crippen LogP contribution in [0.15, 0.2) is 15.9 Å². The Morgan fingerprint density at radius 1 is 1.53 bits per heavy atom. The molecule has 0 aromatic carbocycles. The third-order valence-corrected chi connectivity index (χ3v) is 6.05. The number of nitrogens with zero attached hydrogens (tertiary/aromatic N) is 1. The molecule has 0 radical (unpaired) electrons. The van der Waals surface area contributed by atoms with Gasteiger partial charge in [0.15, 0.2) is 0 Å². The maximum absolute atomic E-state index is 12.0. The smallest absolute Gasteiger partial charge is 0.305 e. The van der Waals surface area contributed by atoms with Crippen molar-refractivity contribution in [1.29, 1.82) is 0 Å². The van der Waals surface area contributed by atoms with Gasteiger partial charge in [0.1, 0.15) is 0 Å². The number of sulfonamides is 1.